The predicted octanol–water partition coefficient (Wildman–Crippen LogP) is 3.08. The number of hydrogen-bond donors (Lipinski definition) is 1. The normalized spacial score (nSPS) is 12.3. The molecule has 0 aromatic heterocycles. The quantitative estimate of drug-likeness (QED) is 0.866. The van der Waals surface area contributed by atoms with E-state index in [1.54, 1.807) is 0 Å². The first-order chi connectivity index (χ1) is 10.1. The fraction of sp³-hybridized carbons (Fsp3) is 0.0714. The van der Waals surface area contributed by atoms with Crippen molar-refractivity contribution in [3.63, 3.8) is 0 Å². The fourth-order valence-electron chi connectivity index (χ4n) is 1.85. The summed E-state index contributed by atoms with van der Waals surface area (Å²) in [7, 11) is 0. The van der Waals surface area contributed by atoms with Crippen LogP contribution in [0.15, 0.2) is 30.3 Å². The van der Waals surface area contributed by atoms with Crippen LogP contribution in [-0.2, 0) is 0 Å². The maximum atomic E-state index is 13.5. The average molecular weight is 295 g/mol. The van der Waals surface area contributed by atoms with Crippen molar-refractivity contribution >= 4 is 11.6 Å². The summed E-state index contributed by atoms with van der Waals surface area (Å²) >= 11 is 0. The molecular weight excluding hydrogens is 287 g/mol. The van der Waals surface area contributed by atoms with Gasteiger partial charge in [-0.3, -0.25) is 4.79 Å². The molecule has 108 valence electrons. The van der Waals surface area contributed by atoms with Crippen LogP contribution in [0.4, 0.5) is 18.9 Å². The van der Waals surface area contributed by atoms with Crippen molar-refractivity contribution in [2.24, 2.45) is 0 Å². The van der Waals surface area contributed by atoms with E-state index in [1.165, 1.54) is 18.2 Å². The largest absolute Gasteiger partial charge is 0.454 e. The van der Waals surface area contributed by atoms with Crippen molar-refractivity contribution in [3.05, 3.63) is 53.3 Å². The Labute approximate surface area is 117 Å². The van der Waals surface area contributed by atoms with Crippen LogP contribution in [0, 0.1) is 17.5 Å². The molecule has 1 N–H and O–H groups in total. The van der Waals surface area contributed by atoms with E-state index < -0.39 is 29.0 Å². The molecule has 0 spiro atoms. The highest BCUT2D eigenvalue weighted by molar-refractivity contribution is 6.04. The summed E-state index contributed by atoms with van der Waals surface area (Å²) in [5.41, 5.74) is -0.278. The lowest BCUT2D eigenvalue weighted by molar-refractivity contribution is 0.102. The molecule has 2 aromatic carbocycles. The van der Waals surface area contributed by atoms with Gasteiger partial charge >= 0.3 is 0 Å². The SMILES string of the molecule is O=C(Nc1ccc(F)c(F)c1F)c1ccc2c(c1)OCO2. The number of carbonyl (C=O) groups excluding carboxylic acids is 1. The van der Waals surface area contributed by atoms with E-state index in [4.69, 9.17) is 9.47 Å². The highest BCUT2D eigenvalue weighted by Gasteiger charge is 2.19. The zero-order valence-electron chi connectivity index (χ0n) is 10.5. The maximum absolute atomic E-state index is 13.5. The Morgan fingerprint density at radius 2 is 1.76 bits per heavy atom. The monoisotopic (exact) mass is 295 g/mol. The molecule has 0 aliphatic carbocycles. The smallest absolute Gasteiger partial charge is 0.255 e. The van der Waals surface area contributed by atoms with Crippen molar-refractivity contribution in [2.45, 2.75) is 0 Å². The van der Waals surface area contributed by atoms with Crippen LogP contribution in [0.1, 0.15) is 10.4 Å². The number of ether oxygens (including phenoxy) is 2. The standard InChI is InChI=1S/C14H8F3NO3/c15-8-2-3-9(13(17)12(8)16)18-14(19)7-1-4-10-11(5-7)21-6-20-10/h1-5H,6H2,(H,18,19). The Hall–Kier alpha value is -2.70. The molecule has 2 aromatic rings. The molecule has 1 heterocycles. The molecule has 4 nitrogen and oxygen atoms in total. The third-order valence-corrected chi connectivity index (χ3v) is 2.92. The van der Waals surface area contributed by atoms with Crippen LogP contribution in [0.2, 0.25) is 0 Å². The molecule has 7 heteroatoms. The summed E-state index contributed by atoms with van der Waals surface area (Å²) in [5, 5.41) is 2.17. The molecule has 0 radical (unpaired) electrons. The Morgan fingerprint density at radius 1 is 1.00 bits per heavy atom. The average Bonchev–Trinajstić information content (AvgIpc) is 2.95. The molecule has 21 heavy (non-hydrogen) atoms. The Kier molecular flexibility index (Phi) is 3.17. The molecule has 0 saturated heterocycles. The summed E-state index contributed by atoms with van der Waals surface area (Å²) in [5.74, 6) is -4.23. The highest BCUT2D eigenvalue weighted by atomic mass is 19.2. The molecule has 0 fully saturated rings. The van der Waals surface area contributed by atoms with Gasteiger partial charge in [0.05, 0.1) is 5.69 Å². The van der Waals surface area contributed by atoms with Crippen molar-refractivity contribution in [1.82, 2.24) is 0 Å². The molecule has 0 bridgehead atoms. The first kappa shape index (κ1) is 13.3. The number of nitrogens with one attached hydrogen (secondary N) is 1. The minimum atomic E-state index is -1.64. The van der Waals surface area contributed by atoms with Gasteiger partial charge in [-0.1, -0.05) is 0 Å². The second-order valence-corrected chi connectivity index (χ2v) is 4.25. The van der Waals surface area contributed by atoms with Gasteiger partial charge in [0, 0.05) is 5.56 Å². The minimum absolute atomic E-state index is 0.0538. The van der Waals surface area contributed by atoms with Crippen molar-refractivity contribution in [1.29, 1.82) is 0 Å². The zero-order valence-corrected chi connectivity index (χ0v) is 10.5. The van der Waals surface area contributed by atoms with E-state index >= 15 is 0 Å². The number of fused-ring (bicyclic) bond motifs is 1. The van der Waals surface area contributed by atoms with Gasteiger partial charge in [-0.2, -0.15) is 0 Å². The number of halogens is 3. The van der Waals surface area contributed by atoms with Gasteiger partial charge < -0.3 is 14.8 Å². The van der Waals surface area contributed by atoms with Crippen LogP contribution >= 0.6 is 0 Å². The number of benzene rings is 2. The van der Waals surface area contributed by atoms with Gasteiger partial charge in [-0.05, 0) is 30.3 Å². The van der Waals surface area contributed by atoms with Crippen LogP contribution in [0.3, 0.4) is 0 Å². The lowest BCUT2D eigenvalue weighted by Crippen LogP contribution is -2.13. The molecular formula is C14H8F3NO3. The summed E-state index contributed by atoms with van der Waals surface area (Å²) in [6, 6.07) is 6.06. The number of hydrogen-bond acceptors (Lipinski definition) is 3. The summed E-state index contributed by atoms with van der Waals surface area (Å²) in [6.07, 6.45) is 0. The van der Waals surface area contributed by atoms with E-state index in [9.17, 15) is 18.0 Å². The number of anilines is 1. The van der Waals surface area contributed by atoms with E-state index in [2.05, 4.69) is 5.32 Å². The van der Waals surface area contributed by atoms with Crippen LogP contribution in [-0.4, -0.2) is 12.7 Å². The topological polar surface area (TPSA) is 47.6 Å². The third kappa shape index (κ3) is 2.37. The second kappa shape index (κ2) is 5.01. The third-order valence-electron chi connectivity index (χ3n) is 2.92. The lowest BCUT2D eigenvalue weighted by atomic mass is 10.2. The fourth-order valence-corrected chi connectivity index (χ4v) is 1.85. The van der Waals surface area contributed by atoms with Crippen molar-refractivity contribution in [2.75, 3.05) is 12.1 Å². The van der Waals surface area contributed by atoms with Gasteiger partial charge in [0.25, 0.3) is 5.91 Å². The zero-order chi connectivity index (χ0) is 15.0. The van der Waals surface area contributed by atoms with Gasteiger partial charge in [-0.15, -0.1) is 0 Å². The minimum Gasteiger partial charge on any atom is -0.454 e. The molecule has 1 aliphatic heterocycles. The maximum Gasteiger partial charge on any atom is 0.255 e. The number of carbonyl (C=O) groups is 1. The Bertz CT molecular complexity index is 734. The van der Waals surface area contributed by atoms with Gasteiger partial charge in [0.15, 0.2) is 29.0 Å². The van der Waals surface area contributed by atoms with Gasteiger partial charge in [0.1, 0.15) is 0 Å². The van der Waals surface area contributed by atoms with Gasteiger partial charge in [0.2, 0.25) is 6.79 Å². The van der Waals surface area contributed by atoms with Crippen molar-refractivity contribution in [3.8, 4) is 11.5 Å². The van der Waals surface area contributed by atoms with E-state index in [-0.39, 0.29) is 12.4 Å². The molecule has 1 amide bonds. The molecule has 0 unspecified atom stereocenters. The summed E-state index contributed by atoms with van der Waals surface area (Å²) in [6.45, 7) is 0.0538. The second-order valence-electron chi connectivity index (χ2n) is 4.25. The molecule has 1 aliphatic rings. The Balaban J connectivity index is 1.85. The van der Waals surface area contributed by atoms with Crippen LogP contribution in [0.25, 0.3) is 0 Å². The van der Waals surface area contributed by atoms with Crippen LogP contribution < -0.4 is 14.8 Å². The first-order valence-corrected chi connectivity index (χ1v) is 5.91. The molecule has 3 rings (SSSR count). The van der Waals surface area contributed by atoms with Gasteiger partial charge in [-0.25, -0.2) is 13.2 Å². The summed E-state index contributed by atoms with van der Waals surface area (Å²) in [4.78, 5) is 12.0. The predicted molar refractivity (Wildman–Crippen MR) is 66.8 cm³/mol. The van der Waals surface area contributed by atoms with Crippen molar-refractivity contribution < 1.29 is 27.4 Å². The number of rotatable bonds is 2. The first-order valence-electron chi connectivity index (χ1n) is 5.91. The Morgan fingerprint density at radius 3 is 2.57 bits per heavy atom. The molecule has 0 saturated carbocycles. The van der Waals surface area contributed by atoms with E-state index in [0.717, 1.165) is 12.1 Å². The highest BCUT2D eigenvalue weighted by Crippen LogP contribution is 2.32. The van der Waals surface area contributed by atoms with E-state index in [1.807, 2.05) is 0 Å². The summed E-state index contributed by atoms with van der Waals surface area (Å²) < 4.78 is 49.6. The lowest BCUT2D eigenvalue weighted by Gasteiger charge is -2.08. The van der Waals surface area contributed by atoms with Crippen LogP contribution in [0.5, 0.6) is 11.5 Å². The van der Waals surface area contributed by atoms with E-state index in [0.29, 0.717) is 11.5 Å². The number of amides is 1. The molecule has 0 atom stereocenters.